The minimum atomic E-state index is 0.240. The van der Waals surface area contributed by atoms with Crippen molar-refractivity contribution in [3.8, 4) is 0 Å². The van der Waals surface area contributed by atoms with Crippen molar-refractivity contribution < 1.29 is 4.74 Å². The molecule has 3 atom stereocenters. The molecule has 3 nitrogen and oxygen atoms in total. The van der Waals surface area contributed by atoms with Crippen molar-refractivity contribution in [1.82, 2.24) is 10.3 Å². The summed E-state index contributed by atoms with van der Waals surface area (Å²) in [5.74, 6) is 0.594. The standard InChI is InChI=1S/C16H20N2O/c1-11-7-9-19-16(11)15(17-2)13-6-5-12-4-3-8-18-14(12)10-13/h3-6,8,10-11,15-17H,7,9H2,1-2H3. The number of aromatic nitrogens is 1. The molecule has 3 heteroatoms. The molecule has 100 valence electrons. The molecule has 0 aliphatic carbocycles. The predicted molar refractivity (Wildman–Crippen MR) is 77.1 cm³/mol. The van der Waals surface area contributed by atoms with Crippen LogP contribution in [-0.4, -0.2) is 24.7 Å². The first kappa shape index (κ1) is 12.6. The Kier molecular flexibility index (Phi) is 3.49. The number of nitrogens with one attached hydrogen (secondary N) is 1. The highest BCUT2D eigenvalue weighted by molar-refractivity contribution is 5.79. The lowest BCUT2D eigenvalue weighted by molar-refractivity contribution is 0.0631. The van der Waals surface area contributed by atoms with Crippen LogP contribution in [0.3, 0.4) is 0 Å². The second kappa shape index (κ2) is 5.27. The van der Waals surface area contributed by atoms with Gasteiger partial charge in [0.2, 0.25) is 0 Å². The van der Waals surface area contributed by atoms with Crippen molar-refractivity contribution >= 4 is 10.9 Å². The van der Waals surface area contributed by atoms with Crippen LogP contribution in [-0.2, 0) is 4.74 Å². The van der Waals surface area contributed by atoms with Gasteiger partial charge in [-0.25, -0.2) is 0 Å². The molecular formula is C16H20N2O. The van der Waals surface area contributed by atoms with E-state index in [1.54, 1.807) is 0 Å². The van der Waals surface area contributed by atoms with Crippen LogP contribution in [0.4, 0.5) is 0 Å². The largest absolute Gasteiger partial charge is 0.376 e. The number of rotatable bonds is 3. The monoisotopic (exact) mass is 256 g/mol. The second-order valence-corrected chi connectivity index (χ2v) is 5.32. The van der Waals surface area contributed by atoms with Gasteiger partial charge in [0.25, 0.3) is 0 Å². The van der Waals surface area contributed by atoms with Gasteiger partial charge in [-0.3, -0.25) is 4.98 Å². The molecule has 1 aromatic heterocycles. The molecule has 0 amide bonds. The van der Waals surface area contributed by atoms with Gasteiger partial charge in [0.15, 0.2) is 0 Å². The lowest BCUT2D eigenvalue weighted by Crippen LogP contribution is -2.32. The van der Waals surface area contributed by atoms with Crippen LogP contribution >= 0.6 is 0 Å². The minimum absolute atomic E-state index is 0.240. The number of fused-ring (bicyclic) bond motifs is 1. The first-order valence-electron chi connectivity index (χ1n) is 6.93. The Morgan fingerprint density at radius 3 is 3.00 bits per heavy atom. The molecule has 1 fully saturated rings. The fourth-order valence-corrected chi connectivity index (χ4v) is 2.94. The summed E-state index contributed by atoms with van der Waals surface area (Å²) in [6, 6.07) is 10.8. The Morgan fingerprint density at radius 2 is 2.26 bits per heavy atom. The molecule has 0 saturated carbocycles. The number of hydrogen-bond donors (Lipinski definition) is 1. The first-order valence-corrected chi connectivity index (χ1v) is 6.93. The number of pyridine rings is 1. The van der Waals surface area contributed by atoms with Gasteiger partial charge in [-0.15, -0.1) is 0 Å². The summed E-state index contributed by atoms with van der Waals surface area (Å²) in [6.45, 7) is 3.14. The van der Waals surface area contributed by atoms with Crippen molar-refractivity contribution in [3.05, 3.63) is 42.1 Å². The van der Waals surface area contributed by atoms with Gasteiger partial charge in [0, 0.05) is 18.2 Å². The summed E-state index contributed by atoms with van der Waals surface area (Å²) in [5, 5.41) is 4.58. The van der Waals surface area contributed by atoms with E-state index >= 15 is 0 Å². The van der Waals surface area contributed by atoms with Crippen molar-refractivity contribution in [2.45, 2.75) is 25.5 Å². The van der Waals surface area contributed by atoms with Crippen LogP contribution in [0.5, 0.6) is 0 Å². The zero-order valence-corrected chi connectivity index (χ0v) is 11.5. The Labute approximate surface area is 114 Å². The third-order valence-corrected chi connectivity index (χ3v) is 4.07. The van der Waals surface area contributed by atoms with Crippen LogP contribution in [0.2, 0.25) is 0 Å². The molecule has 1 aromatic carbocycles. The Hall–Kier alpha value is -1.45. The van der Waals surface area contributed by atoms with Crippen LogP contribution in [0.25, 0.3) is 10.9 Å². The fraction of sp³-hybridized carbons (Fsp3) is 0.438. The van der Waals surface area contributed by atoms with E-state index in [-0.39, 0.29) is 12.1 Å². The normalized spacial score (nSPS) is 24.7. The number of hydrogen-bond acceptors (Lipinski definition) is 3. The lowest BCUT2D eigenvalue weighted by Gasteiger charge is -2.26. The average molecular weight is 256 g/mol. The summed E-state index contributed by atoms with van der Waals surface area (Å²) in [4.78, 5) is 4.44. The van der Waals surface area contributed by atoms with E-state index in [1.165, 1.54) is 10.9 Å². The molecule has 2 heterocycles. The van der Waals surface area contributed by atoms with Gasteiger partial charge in [0.1, 0.15) is 0 Å². The summed E-state index contributed by atoms with van der Waals surface area (Å²) >= 11 is 0. The lowest BCUT2D eigenvalue weighted by atomic mass is 9.92. The summed E-state index contributed by atoms with van der Waals surface area (Å²) in [5.41, 5.74) is 2.30. The fourth-order valence-electron chi connectivity index (χ4n) is 2.94. The van der Waals surface area contributed by atoms with E-state index in [4.69, 9.17) is 4.74 Å². The van der Waals surface area contributed by atoms with E-state index in [9.17, 15) is 0 Å². The van der Waals surface area contributed by atoms with E-state index in [0.717, 1.165) is 18.5 Å². The molecule has 1 N–H and O–H groups in total. The third kappa shape index (κ3) is 2.36. The molecule has 2 aromatic rings. The zero-order valence-electron chi connectivity index (χ0n) is 11.5. The molecule has 3 unspecified atom stereocenters. The van der Waals surface area contributed by atoms with Crippen LogP contribution in [0.1, 0.15) is 24.9 Å². The molecule has 1 saturated heterocycles. The first-order chi connectivity index (χ1) is 9.29. The molecule has 0 spiro atoms. The number of nitrogens with zero attached hydrogens (tertiary/aromatic N) is 1. The van der Waals surface area contributed by atoms with Crippen molar-refractivity contribution in [2.24, 2.45) is 5.92 Å². The van der Waals surface area contributed by atoms with Crippen molar-refractivity contribution in [1.29, 1.82) is 0 Å². The van der Waals surface area contributed by atoms with E-state index < -0.39 is 0 Å². The highest BCUT2D eigenvalue weighted by Gasteiger charge is 2.32. The van der Waals surface area contributed by atoms with E-state index in [1.807, 2.05) is 19.3 Å². The summed E-state index contributed by atoms with van der Waals surface area (Å²) < 4.78 is 5.90. The zero-order chi connectivity index (χ0) is 13.2. The molecule has 1 aliphatic rings. The number of ether oxygens (including phenoxy) is 1. The van der Waals surface area contributed by atoms with Crippen LogP contribution in [0, 0.1) is 5.92 Å². The van der Waals surface area contributed by atoms with Gasteiger partial charge in [-0.2, -0.15) is 0 Å². The van der Waals surface area contributed by atoms with Gasteiger partial charge >= 0.3 is 0 Å². The maximum absolute atomic E-state index is 5.90. The summed E-state index contributed by atoms with van der Waals surface area (Å²) in [7, 11) is 2.00. The van der Waals surface area contributed by atoms with Crippen molar-refractivity contribution in [2.75, 3.05) is 13.7 Å². The van der Waals surface area contributed by atoms with Gasteiger partial charge in [-0.1, -0.05) is 25.1 Å². The van der Waals surface area contributed by atoms with Gasteiger partial charge in [0.05, 0.1) is 17.7 Å². The predicted octanol–water partition coefficient (Wildman–Crippen LogP) is 2.92. The van der Waals surface area contributed by atoms with Crippen molar-refractivity contribution in [3.63, 3.8) is 0 Å². The van der Waals surface area contributed by atoms with Gasteiger partial charge in [-0.05, 0) is 37.1 Å². The summed E-state index contributed by atoms with van der Waals surface area (Å²) in [6.07, 6.45) is 3.25. The average Bonchev–Trinajstić information content (AvgIpc) is 2.86. The molecule has 3 rings (SSSR count). The van der Waals surface area contributed by atoms with Gasteiger partial charge < -0.3 is 10.1 Å². The molecular weight excluding hydrogens is 236 g/mol. The van der Waals surface area contributed by atoms with E-state index in [0.29, 0.717) is 5.92 Å². The molecule has 0 radical (unpaired) electrons. The van der Waals surface area contributed by atoms with Crippen LogP contribution < -0.4 is 5.32 Å². The Balaban J connectivity index is 1.96. The molecule has 0 bridgehead atoms. The van der Waals surface area contributed by atoms with E-state index in [2.05, 4.69) is 41.5 Å². The second-order valence-electron chi connectivity index (χ2n) is 5.32. The number of likely N-dealkylation sites (N-methyl/N-ethyl adjacent to an activating group) is 1. The maximum atomic E-state index is 5.90. The smallest absolute Gasteiger partial charge is 0.0795 e. The Bertz CT molecular complexity index is 569. The highest BCUT2D eigenvalue weighted by atomic mass is 16.5. The minimum Gasteiger partial charge on any atom is -0.376 e. The highest BCUT2D eigenvalue weighted by Crippen LogP contribution is 2.32. The molecule has 1 aliphatic heterocycles. The topological polar surface area (TPSA) is 34.2 Å². The third-order valence-electron chi connectivity index (χ3n) is 4.07. The van der Waals surface area contributed by atoms with Crippen LogP contribution in [0.15, 0.2) is 36.5 Å². The maximum Gasteiger partial charge on any atom is 0.0795 e. The Morgan fingerprint density at radius 1 is 1.37 bits per heavy atom. The quantitative estimate of drug-likeness (QED) is 0.917. The molecule has 19 heavy (non-hydrogen) atoms. The SMILES string of the molecule is CNC(c1ccc2cccnc2c1)C1OCCC1C. The number of benzene rings is 1.